The normalized spacial score (nSPS) is 23.3. The average molecular weight is 237 g/mol. The zero-order valence-corrected chi connectivity index (χ0v) is 9.49. The first-order chi connectivity index (χ1) is 7.64. The van der Waals surface area contributed by atoms with Crippen LogP contribution >= 0.6 is 12.2 Å². The third-order valence-electron chi connectivity index (χ3n) is 2.31. The summed E-state index contributed by atoms with van der Waals surface area (Å²) in [5.41, 5.74) is -0.721. The summed E-state index contributed by atoms with van der Waals surface area (Å²) < 4.78 is 1.86. The second-order valence-corrected chi connectivity index (χ2v) is 3.88. The zero-order chi connectivity index (χ0) is 11.6. The van der Waals surface area contributed by atoms with Gasteiger partial charge in [0.25, 0.3) is 0 Å². The molecular weight excluding hydrogens is 226 g/mol. The van der Waals surface area contributed by atoms with Crippen molar-refractivity contribution in [2.75, 3.05) is 0 Å². The predicted molar refractivity (Wildman–Crippen MR) is 59.9 cm³/mol. The Balaban J connectivity index is 2.47. The highest BCUT2D eigenvalue weighted by molar-refractivity contribution is 7.71. The molecule has 1 amide bonds. The SMILES string of the molecule is CC(=O)NC1(n2[nH]nnc2=S)C=CC=CC1. The van der Waals surface area contributed by atoms with Gasteiger partial charge in [0.2, 0.25) is 10.7 Å². The molecule has 0 fully saturated rings. The van der Waals surface area contributed by atoms with Crippen LogP contribution in [0.3, 0.4) is 0 Å². The smallest absolute Gasteiger partial charge is 0.240 e. The summed E-state index contributed by atoms with van der Waals surface area (Å²) in [4.78, 5) is 11.3. The number of carbonyl (C=O) groups excluding carboxylic acids is 1. The van der Waals surface area contributed by atoms with Crippen molar-refractivity contribution >= 4 is 18.1 Å². The van der Waals surface area contributed by atoms with E-state index < -0.39 is 5.66 Å². The predicted octanol–water partition coefficient (Wildman–Crippen LogP) is 0.641. The number of H-pyrrole nitrogens is 1. The molecule has 0 spiro atoms. The molecule has 0 aromatic carbocycles. The summed E-state index contributed by atoms with van der Waals surface area (Å²) >= 11 is 5.04. The first-order valence-electron chi connectivity index (χ1n) is 4.78. The van der Waals surface area contributed by atoms with Gasteiger partial charge >= 0.3 is 0 Å². The van der Waals surface area contributed by atoms with Crippen molar-refractivity contribution in [3.05, 3.63) is 29.1 Å². The molecule has 0 aliphatic heterocycles. The molecule has 1 atom stereocenters. The highest BCUT2D eigenvalue weighted by Gasteiger charge is 2.31. The molecule has 1 aliphatic rings. The third kappa shape index (κ3) is 1.81. The number of hydrogen-bond acceptors (Lipinski definition) is 4. The van der Waals surface area contributed by atoms with E-state index in [-0.39, 0.29) is 5.91 Å². The fourth-order valence-electron chi connectivity index (χ4n) is 1.69. The van der Waals surface area contributed by atoms with Crippen molar-refractivity contribution in [3.8, 4) is 0 Å². The van der Waals surface area contributed by atoms with E-state index in [4.69, 9.17) is 12.2 Å². The topological polar surface area (TPSA) is 75.6 Å². The number of allylic oxidation sites excluding steroid dienone is 2. The lowest BCUT2D eigenvalue weighted by molar-refractivity contribution is -0.121. The first kappa shape index (κ1) is 10.7. The minimum absolute atomic E-state index is 0.142. The van der Waals surface area contributed by atoms with Crippen LogP contribution in [0.4, 0.5) is 0 Å². The van der Waals surface area contributed by atoms with E-state index >= 15 is 0 Å². The Labute approximate surface area is 97.0 Å². The molecule has 1 aromatic heterocycles. The lowest BCUT2D eigenvalue weighted by atomic mass is 10.0. The lowest BCUT2D eigenvalue weighted by Gasteiger charge is -2.31. The summed E-state index contributed by atoms with van der Waals surface area (Å²) in [6, 6.07) is 0. The van der Waals surface area contributed by atoms with E-state index in [1.807, 2.05) is 24.3 Å². The van der Waals surface area contributed by atoms with Crippen molar-refractivity contribution in [1.29, 1.82) is 0 Å². The molecule has 2 N–H and O–H groups in total. The van der Waals surface area contributed by atoms with E-state index in [1.54, 1.807) is 4.68 Å². The Morgan fingerprint density at radius 2 is 2.50 bits per heavy atom. The van der Waals surface area contributed by atoms with Gasteiger partial charge in [-0.2, -0.15) is 5.21 Å². The Morgan fingerprint density at radius 1 is 1.69 bits per heavy atom. The van der Waals surface area contributed by atoms with Crippen molar-refractivity contribution < 1.29 is 4.79 Å². The summed E-state index contributed by atoms with van der Waals surface area (Å²) in [5.74, 6) is -0.142. The van der Waals surface area contributed by atoms with E-state index in [9.17, 15) is 4.79 Å². The second kappa shape index (κ2) is 4.01. The van der Waals surface area contributed by atoms with Gasteiger partial charge in [-0.1, -0.05) is 28.5 Å². The largest absolute Gasteiger partial charge is 0.328 e. The molecular formula is C9H11N5OS. The van der Waals surface area contributed by atoms with Crippen LogP contribution < -0.4 is 5.32 Å². The molecule has 1 aromatic rings. The van der Waals surface area contributed by atoms with Crippen LogP contribution in [-0.4, -0.2) is 26.1 Å². The lowest BCUT2D eigenvalue weighted by Crippen LogP contribution is -2.49. The molecule has 0 radical (unpaired) electrons. The van der Waals surface area contributed by atoms with Gasteiger partial charge in [-0.3, -0.25) is 4.79 Å². The van der Waals surface area contributed by atoms with Crippen LogP contribution in [0.25, 0.3) is 0 Å². The minimum atomic E-state index is -0.721. The maximum Gasteiger partial charge on any atom is 0.240 e. The van der Waals surface area contributed by atoms with Crippen LogP contribution in [0, 0.1) is 4.77 Å². The van der Waals surface area contributed by atoms with Crippen LogP contribution in [0.5, 0.6) is 0 Å². The number of hydrogen-bond donors (Lipinski definition) is 2. The van der Waals surface area contributed by atoms with Gasteiger partial charge in [0.1, 0.15) is 0 Å². The third-order valence-corrected chi connectivity index (χ3v) is 2.58. The number of aromatic nitrogens is 4. The van der Waals surface area contributed by atoms with Crippen molar-refractivity contribution in [3.63, 3.8) is 0 Å². The summed E-state index contributed by atoms with van der Waals surface area (Å²) in [5, 5.41) is 12.9. The van der Waals surface area contributed by atoms with Crippen LogP contribution in [0.15, 0.2) is 24.3 Å². The number of nitrogens with one attached hydrogen (secondary N) is 2. The molecule has 0 saturated heterocycles. The molecule has 1 heterocycles. The van der Waals surface area contributed by atoms with Gasteiger partial charge in [0.05, 0.1) is 0 Å². The molecule has 16 heavy (non-hydrogen) atoms. The molecule has 0 bridgehead atoms. The summed E-state index contributed by atoms with van der Waals surface area (Å²) in [7, 11) is 0. The van der Waals surface area contributed by atoms with E-state index in [0.717, 1.165) is 0 Å². The number of nitrogens with zero attached hydrogens (tertiary/aromatic N) is 3. The first-order valence-corrected chi connectivity index (χ1v) is 5.19. The number of carbonyl (C=O) groups is 1. The molecule has 1 aliphatic carbocycles. The summed E-state index contributed by atoms with van der Waals surface area (Å²) in [6.45, 7) is 1.46. The standard InChI is InChI=1S/C9H11N5OS/c1-7(15)10-9(5-3-2-4-6-9)14-8(16)11-12-13-14/h2-5H,6H2,1H3,(H,10,15)(H,11,13,16). The van der Waals surface area contributed by atoms with Crippen LogP contribution in [-0.2, 0) is 10.5 Å². The molecule has 0 saturated carbocycles. The highest BCUT2D eigenvalue weighted by atomic mass is 32.1. The fraction of sp³-hybridized carbons (Fsp3) is 0.333. The molecule has 1 unspecified atom stereocenters. The average Bonchev–Trinajstić information content (AvgIpc) is 2.65. The van der Waals surface area contributed by atoms with Crippen LogP contribution in [0.2, 0.25) is 0 Å². The quantitative estimate of drug-likeness (QED) is 0.740. The molecule has 6 nitrogen and oxygen atoms in total. The Morgan fingerprint density at radius 3 is 3.00 bits per heavy atom. The van der Waals surface area contributed by atoms with Gasteiger partial charge in [0, 0.05) is 13.3 Å². The van der Waals surface area contributed by atoms with E-state index in [1.165, 1.54) is 6.92 Å². The second-order valence-electron chi connectivity index (χ2n) is 3.51. The van der Waals surface area contributed by atoms with E-state index in [2.05, 4.69) is 20.8 Å². The Kier molecular flexibility index (Phi) is 2.69. The molecule has 7 heteroatoms. The molecule has 84 valence electrons. The van der Waals surface area contributed by atoms with E-state index in [0.29, 0.717) is 11.2 Å². The van der Waals surface area contributed by atoms with Gasteiger partial charge in [-0.25, -0.2) is 4.68 Å². The Bertz CT molecular complexity index is 514. The van der Waals surface area contributed by atoms with Gasteiger partial charge in [0.15, 0.2) is 5.66 Å². The monoisotopic (exact) mass is 237 g/mol. The molecule has 2 rings (SSSR count). The maximum absolute atomic E-state index is 11.3. The number of tetrazole rings is 1. The fourth-order valence-corrected chi connectivity index (χ4v) is 1.93. The maximum atomic E-state index is 11.3. The number of rotatable bonds is 2. The van der Waals surface area contributed by atoms with Crippen LogP contribution in [0.1, 0.15) is 13.3 Å². The van der Waals surface area contributed by atoms with Gasteiger partial charge < -0.3 is 5.32 Å². The summed E-state index contributed by atoms with van der Waals surface area (Å²) in [6.07, 6.45) is 8.15. The Hall–Kier alpha value is -1.76. The van der Waals surface area contributed by atoms with Crippen molar-refractivity contribution in [2.45, 2.75) is 19.0 Å². The zero-order valence-electron chi connectivity index (χ0n) is 8.67. The van der Waals surface area contributed by atoms with Gasteiger partial charge in [-0.05, 0) is 18.3 Å². The minimum Gasteiger partial charge on any atom is -0.328 e. The number of aromatic amines is 1. The number of amides is 1. The van der Waals surface area contributed by atoms with Gasteiger partial charge in [-0.15, -0.1) is 0 Å². The van der Waals surface area contributed by atoms with Crippen molar-refractivity contribution in [1.82, 2.24) is 25.5 Å². The highest BCUT2D eigenvalue weighted by Crippen LogP contribution is 2.22. The van der Waals surface area contributed by atoms with Crippen molar-refractivity contribution in [2.24, 2.45) is 0 Å².